The maximum absolute atomic E-state index is 14.6. The molecule has 0 heterocycles. The summed E-state index contributed by atoms with van der Waals surface area (Å²) in [6.07, 6.45) is 4.19. The Balaban J connectivity index is 1.55. The van der Waals surface area contributed by atoms with Gasteiger partial charge in [0.15, 0.2) is 0 Å². The summed E-state index contributed by atoms with van der Waals surface area (Å²) in [5, 5.41) is 3.21. The lowest BCUT2D eigenvalue weighted by Gasteiger charge is -2.34. The molecule has 1 unspecified atom stereocenters. The molecule has 5 rings (SSSR count). The van der Waals surface area contributed by atoms with Crippen LogP contribution in [0.2, 0.25) is 0 Å². The minimum absolute atomic E-state index is 0.0234. The van der Waals surface area contributed by atoms with Crippen molar-refractivity contribution in [2.24, 2.45) is 0 Å². The number of amides is 2. The van der Waals surface area contributed by atoms with Crippen LogP contribution >= 0.6 is 0 Å². The minimum atomic E-state index is -4.18. The van der Waals surface area contributed by atoms with Crippen LogP contribution in [-0.4, -0.2) is 50.9 Å². The van der Waals surface area contributed by atoms with Gasteiger partial charge in [0.2, 0.25) is 11.8 Å². The highest BCUT2D eigenvalue weighted by atomic mass is 32.2. The van der Waals surface area contributed by atoms with Gasteiger partial charge in [0.25, 0.3) is 10.0 Å². The van der Waals surface area contributed by atoms with E-state index < -0.39 is 28.5 Å². The predicted molar refractivity (Wildman–Crippen MR) is 180 cm³/mol. The average molecular weight is 640 g/mol. The summed E-state index contributed by atoms with van der Waals surface area (Å²) in [5.41, 5.74) is 3.10. The van der Waals surface area contributed by atoms with Crippen LogP contribution in [0.4, 0.5) is 5.69 Å². The van der Waals surface area contributed by atoms with Gasteiger partial charge in [-0.3, -0.25) is 13.9 Å². The molecule has 0 radical (unpaired) electrons. The van der Waals surface area contributed by atoms with Crippen molar-refractivity contribution < 1.29 is 22.7 Å². The third-order valence-electron chi connectivity index (χ3n) is 8.55. The molecule has 1 atom stereocenters. The molecule has 240 valence electrons. The number of para-hydroxylation sites is 1. The first kappa shape index (κ1) is 32.8. The Kier molecular flexibility index (Phi) is 10.8. The largest absolute Gasteiger partial charge is 0.497 e. The molecule has 0 aromatic heterocycles. The molecule has 8 nitrogen and oxygen atoms in total. The molecule has 0 aliphatic heterocycles. The zero-order valence-corrected chi connectivity index (χ0v) is 27.2. The molecule has 4 aromatic carbocycles. The maximum Gasteiger partial charge on any atom is 0.264 e. The summed E-state index contributed by atoms with van der Waals surface area (Å²) in [4.78, 5) is 30.3. The number of anilines is 1. The van der Waals surface area contributed by atoms with E-state index in [9.17, 15) is 18.0 Å². The van der Waals surface area contributed by atoms with E-state index in [4.69, 9.17) is 4.74 Å². The number of carbonyl (C=O) groups excluding carboxylic acids is 2. The van der Waals surface area contributed by atoms with Crippen LogP contribution in [0.5, 0.6) is 5.75 Å². The van der Waals surface area contributed by atoms with E-state index in [0.717, 1.165) is 46.7 Å². The van der Waals surface area contributed by atoms with Gasteiger partial charge in [0.05, 0.1) is 17.7 Å². The van der Waals surface area contributed by atoms with Crippen LogP contribution in [0, 0.1) is 6.92 Å². The molecule has 4 aromatic rings. The van der Waals surface area contributed by atoms with E-state index >= 15 is 0 Å². The molecule has 0 bridgehead atoms. The zero-order valence-electron chi connectivity index (χ0n) is 26.3. The third kappa shape index (κ3) is 7.95. The van der Waals surface area contributed by atoms with E-state index in [-0.39, 0.29) is 29.8 Å². The van der Waals surface area contributed by atoms with Gasteiger partial charge in [0, 0.05) is 19.0 Å². The second-order valence-electron chi connectivity index (χ2n) is 11.7. The number of hydrogen-bond acceptors (Lipinski definition) is 5. The highest BCUT2D eigenvalue weighted by Gasteiger charge is 2.35. The summed E-state index contributed by atoms with van der Waals surface area (Å²) in [5.74, 6) is -0.198. The Hall–Kier alpha value is -4.63. The highest BCUT2D eigenvalue weighted by Crippen LogP contribution is 2.27. The fraction of sp³-hybridized carbons (Fsp3) is 0.297. The van der Waals surface area contributed by atoms with E-state index in [1.807, 2.05) is 61.5 Å². The molecular formula is C37H41N3O5S. The van der Waals surface area contributed by atoms with Crippen LogP contribution in [0.25, 0.3) is 0 Å². The number of rotatable bonds is 13. The number of methoxy groups -OCH3 is 1. The van der Waals surface area contributed by atoms with Crippen LogP contribution in [0.15, 0.2) is 114 Å². The van der Waals surface area contributed by atoms with Gasteiger partial charge < -0.3 is 15.0 Å². The van der Waals surface area contributed by atoms with Crippen molar-refractivity contribution in [2.75, 3.05) is 18.0 Å². The molecule has 0 spiro atoms. The van der Waals surface area contributed by atoms with Gasteiger partial charge in [-0.25, -0.2) is 8.42 Å². The van der Waals surface area contributed by atoms with Crippen LogP contribution < -0.4 is 14.4 Å². The fourth-order valence-electron chi connectivity index (χ4n) is 5.89. The second kappa shape index (κ2) is 15.1. The standard InChI is InChI=1S/C37H41N3O5S/c1-28-13-9-10-16-30(28)26-39(35(25-29-14-5-3-6-15-29)37(42)38-31-17-11-12-18-31)36(41)27-40(32-19-7-4-8-20-32)46(43,44)34-23-21-33(45-2)22-24-34/h3-10,13-16,19-24,31,35H,11-12,17-18,25-27H2,1-2H3,(H,38,42). The summed E-state index contributed by atoms with van der Waals surface area (Å²) < 4.78 is 34.7. The third-order valence-corrected chi connectivity index (χ3v) is 10.3. The second-order valence-corrected chi connectivity index (χ2v) is 13.5. The van der Waals surface area contributed by atoms with Gasteiger partial charge in [-0.1, -0.05) is 85.6 Å². The molecule has 46 heavy (non-hydrogen) atoms. The zero-order chi connectivity index (χ0) is 32.5. The van der Waals surface area contributed by atoms with Crippen molar-refractivity contribution in [3.8, 4) is 5.75 Å². The van der Waals surface area contributed by atoms with Crippen molar-refractivity contribution in [1.29, 1.82) is 0 Å². The number of ether oxygens (including phenoxy) is 1. The first-order valence-electron chi connectivity index (χ1n) is 15.7. The Bertz CT molecular complexity index is 1710. The molecule has 9 heteroatoms. The molecule has 1 saturated carbocycles. The maximum atomic E-state index is 14.6. The van der Waals surface area contributed by atoms with Gasteiger partial charge in [0.1, 0.15) is 18.3 Å². The number of nitrogens with one attached hydrogen (secondary N) is 1. The Morgan fingerprint density at radius 3 is 2.09 bits per heavy atom. The van der Waals surface area contributed by atoms with Crippen LogP contribution in [0.3, 0.4) is 0 Å². The summed E-state index contributed by atoms with van der Waals surface area (Å²) >= 11 is 0. The van der Waals surface area contributed by atoms with Crippen LogP contribution in [-0.2, 0) is 32.6 Å². The molecule has 1 aliphatic rings. The topological polar surface area (TPSA) is 96.0 Å². The van der Waals surface area contributed by atoms with Gasteiger partial charge in [-0.15, -0.1) is 0 Å². The van der Waals surface area contributed by atoms with Gasteiger partial charge in [-0.2, -0.15) is 0 Å². The molecule has 1 fully saturated rings. The summed E-state index contributed by atoms with van der Waals surface area (Å²) in [7, 11) is -2.67. The number of benzene rings is 4. The van der Waals surface area contributed by atoms with Gasteiger partial charge in [-0.05, 0) is 72.9 Å². The molecule has 2 amide bonds. The van der Waals surface area contributed by atoms with E-state index in [2.05, 4.69) is 5.32 Å². The van der Waals surface area contributed by atoms with Crippen molar-refractivity contribution in [2.45, 2.75) is 62.6 Å². The Labute approximate surface area is 272 Å². The number of aryl methyl sites for hydroxylation is 1. The molecule has 1 aliphatic carbocycles. The van der Waals surface area contributed by atoms with Crippen molar-refractivity contribution in [1.82, 2.24) is 10.2 Å². The van der Waals surface area contributed by atoms with Gasteiger partial charge >= 0.3 is 0 Å². The monoisotopic (exact) mass is 639 g/mol. The van der Waals surface area contributed by atoms with Crippen LogP contribution in [0.1, 0.15) is 42.4 Å². The fourth-order valence-corrected chi connectivity index (χ4v) is 7.30. The van der Waals surface area contributed by atoms with Crippen molar-refractivity contribution >= 4 is 27.5 Å². The lowest BCUT2D eigenvalue weighted by atomic mass is 10.0. The summed E-state index contributed by atoms with van der Waals surface area (Å²) in [6, 6.07) is 31.2. The van der Waals surface area contributed by atoms with E-state index in [1.165, 1.54) is 19.2 Å². The Morgan fingerprint density at radius 1 is 0.848 bits per heavy atom. The molecule has 1 N–H and O–H groups in total. The first-order chi connectivity index (χ1) is 22.3. The predicted octanol–water partition coefficient (Wildman–Crippen LogP) is 5.90. The minimum Gasteiger partial charge on any atom is -0.497 e. The SMILES string of the molecule is COc1ccc(S(=O)(=O)N(CC(=O)N(Cc2ccccc2C)C(Cc2ccccc2)C(=O)NC2CCCC2)c2ccccc2)cc1. The normalized spacial score (nSPS) is 14.0. The lowest BCUT2D eigenvalue weighted by Crippen LogP contribution is -2.54. The smallest absolute Gasteiger partial charge is 0.264 e. The van der Waals surface area contributed by atoms with E-state index in [0.29, 0.717) is 11.4 Å². The molecular weight excluding hydrogens is 598 g/mol. The number of carbonyl (C=O) groups is 2. The number of sulfonamides is 1. The summed E-state index contributed by atoms with van der Waals surface area (Å²) in [6.45, 7) is 1.62. The lowest BCUT2D eigenvalue weighted by molar-refractivity contribution is -0.140. The number of nitrogens with zero attached hydrogens (tertiary/aromatic N) is 2. The van der Waals surface area contributed by atoms with E-state index in [1.54, 1.807) is 47.4 Å². The molecule has 0 saturated heterocycles. The van der Waals surface area contributed by atoms with Crippen molar-refractivity contribution in [3.63, 3.8) is 0 Å². The number of hydrogen-bond donors (Lipinski definition) is 1. The highest BCUT2D eigenvalue weighted by molar-refractivity contribution is 7.92. The Morgan fingerprint density at radius 2 is 1.46 bits per heavy atom. The quantitative estimate of drug-likeness (QED) is 0.197. The first-order valence-corrected chi connectivity index (χ1v) is 17.1. The average Bonchev–Trinajstić information content (AvgIpc) is 3.59. The van der Waals surface area contributed by atoms with Crippen molar-refractivity contribution in [3.05, 3.63) is 126 Å².